The summed E-state index contributed by atoms with van der Waals surface area (Å²) in [5.41, 5.74) is 1.33. The molecule has 128 valence electrons. The number of benzene rings is 2. The van der Waals surface area contributed by atoms with E-state index in [1.165, 1.54) is 12.1 Å². The monoisotopic (exact) mass is 340 g/mol. The summed E-state index contributed by atoms with van der Waals surface area (Å²) in [6, 6.07) is 13.6. The van der Waals surface area contributed by atoms with Gasteiger partial charge in [0.15, 0.2) is 0 Å². The van der Waals surface area contributed by atoms with Gasteiger partial charge < -0.3 is 15.2 Å². The zero-order chi connectivity index (χ0) is 18.1. The Hall–Kier alpha value is -3.37. The number of ether oxygens (including phenoxy) is 1. The first kappa shape index (κ1) is 18.0. The molecule has 0 aliphatic rings. The first-order valence-corrected chi connectivity index (χ1v) is 7.41. The minimum absolute atomic E-state index is 0.0448. The van der Waals surface area contributed by atoms with Crippen molar-refractivity contribution in [3.8, 4) is 11.8 Å². The van der Waals surface area contributed by atoms with E-state index in [0.29, 0.717) is 5.56 Å². The Balaban J connectivity index is 1.85. The molecule has 2 N–H and O–H groups in total. The number of hydrogen-bond acceptors (Lipinski definition) is 5. The molecule has 7 nitrogen and oxygen atoms in total. The number of aliphatic hydroxyl groups is 1. The molecular weight excluding hydrogens is 324 g/mol. The number of alkyl carbamates (subject to hydrolysis) is 1. The van der Waals surface area contributed by atoms with Crippen LogP contribution in [0, 0.1) is 22.0 Å². The molecule has 25 heavy (non-hydrogen) atoms. The van der Waals surface area contributed by atoms with Crippen LogP contribution in [0.4, 0.5) is 10.5 Å². The van der Waals surface area contributed by atoms with Crippen molar-refractivity contribution in [1.82, 2.24) is 5.32 Å². The van der Waals surface area contributed by atoms with E-state index in [-0.39, 0.29) is 24.4 Å². The van der Waals surface area contributed by atoms with Crippen LogP contribution in [0.1, 0.15) is 16.7 Å². The van der Waals surface area contributed by atoms with Crippen LogP contribution in [0.15, 0.2) is 48.5 Å². The van der Waals surface area contributed by atoms with Crippen LogP contribution < -0.4 is 5.32 Å². The SMILES string of the molecule is O=C(NCC#Cc1ccc(CO)c([N+](=O)[O-])c1)OCc1ccccc1. The smallest absolute Gasteiger partial charge is 0.408 e. The van der Waals surface area contributed by atoms with E-state index in [9.17, 15) is 14.9 Å². The zero-order valence-electron chi connectivity index (χ0n) is 13.3. The Kier molecular flexibility index (Phi) is 6.51. The first-order valence-electron chi connectivity index (χ1n) is 7.41. The number of nitrogens with one attached hydrogen (secondary N) is 1. The lowest BCUT2D eigenvalue weighted by molar-refractivity contribution is -0.385. The van der Waals surface area contributed by atoms with Gasteiger partial charge in [-0.25, -0.2) is 4.79 Å². The van der Waals surface area contributed by atoms with Crippen molar-refractivity contribution < 1.29 is 19.6 Å². The fraction of sp³-hybridized carbons (Fsp3) is 0.167. The highest BCUT2D eigenvalue weighted by Crippen LogP contribution is 2.19. The third-order valence-electron chi connectivity index (χ3n) is 3.22. The lowest BCUT2D eigenvalue weighted by Crippen LogP contribution is -2.24. The Morgan fingerprint density at radius 2 is 2.00 bits per heavy atom. The van der Waals surface area contributed by atoms with Crippen LogP contribution in [0.5, 0.6) is 0 Å². The molecule has 0 atom stereocenters. The Labute approximate surface area is 144 Å². The largest absolute Gasteiger partial charge is 0.445 e. The fourth-order valence-electron chi connectivity index (χ4n) is 1.98. The highest BCUT2D eigenvalue weighted by molar-refractivity contribution is 5.67. The number of nitrogens with zero attached hydrogens (tertiary/aromatic N) is 1. The lowest BCUT2D eigenvalue weighted by Gasteiger charge is -2.04. The highest BCUT2D eigenvalue weighted by atomic mass is 16.6. The van der Waals surface area contributed by atoms with Crippen LogP contribution in [0.3, 0.4) is 0 Å². The second-order valence-corrected chi connectivity index (χ2v) is 4.98. The van der Waals surface area contributed by atoms with Crippen molar-refractivity contribution in [3.05, 3.63) is 75.3 Å². The van der Waals surface area contributed by atoms with E-state index < -0.39 is 17.6 Å². The van der Waals surface area contributed by atoms with Crippen LogP contribution in [-0.4, -0.2) is 22.7 Å². The van der Waals surface area contributed by atoms with E-state index >= 15 is 0 Å². The predicted octanol–water partition coefficient (Wildman–Crippen LogP) is 2.37. The van der Waals surface area contributed by atoms with Crippen molar-refractivity contribution in [2.45, 2.75) is 13.2 Å². The molecule has 0 unspecified atom stereocenters. The van der Waals surface area contributed by atoms with E-state index in [0.717, 1.165) is 5.56 Å². The third-order valence-corrected chi connectivity index (χ3v) is 3.22. The standard InChI is InChI=1S/C18H16N2O5/c21-12-16-9-8-14(11-17(16)20(23)24)7-4-10-19-18(22)25-13-15-5-2-1-3-6-15/h1-3,5-6,8-9,11,21H,10,12-13H2,(H,19,22). The van der Waals surface area contributed by atoms with Gasteiger partial charge in [-0.15, -0.1) is 0 Å². The van der Waals surface area contributed by atoms with Crippen molar-refractivity contribution >= 4 is 11.8 Å². The van der Waals surface area contributed by atoms with Crippen LogP contribution in [0.25, 0.3) is 0 Å². The molecule has 2 aromatic carbocycles. The van der Waals surface area contributed by atoms with Gasteiger partial charge in [0.1, 0.15) is 6.61 Å². The average Bonchev–Trinajstić information content (AvgIpc) is 2.64. The second kappa shape index (κ2) is 9.05. The molecule has 1 amide bonds. The number of nitro groups is 1. The summed E-state index contributed by atoms with van der Waals surface area (Å²) in [6.45, 7) is -0.211. The van der Waals surface area contributed by atoms with Crippen molar-refractivity contribution in [2.24, 2.45) is 0 Å². The summed E-state index contributed by atoms with van der Waals surface area (Å²) in [5, 5.41) is 22.5. The third kappa shape index (κ3) is 5.64. The zero-order valence-corrected chi connectivity index (χ0v) is 13.3. The van der Waals surface area contributed by atoms with Crippen LogP contribution >= 0.6 is 0 Å². The normalized spacial score (nSPS) is 9.64. The number of carbonyl (C=O) groups excluding carboxylic acids is 1. The molecule has 0 aliphatic carbocycles. The minimum atomic E-state index is -0.597. The van der Waals surface area contributed by atoms with Crippen LogP contribution in [0.2, 0.25) is 0 Å². The number of hydrogen-bond donors (Lipinski definition) is 2. The van der Waals surface area contributed by atoms with Gasteiger partial charge >= 0.3 is 6.09 Å². The predicted molar refractivity (Wildman–Crippen MR) is 90.5 cm³/mol. The van der Waals surface area contributed by atoms with Gasteiger partial charge in [0.2, 0.25) is 0 Å². The average molecular weight is 340 g/mol. The molecule has 0 aromatic heterocycles. The van der Waals surface area contributed by atoms with Gasteiger partial charge in [0.25, 0.3) is 5.69 Å². The van der Waals surface area contributed by atoms with E-state index in [1.54, 1.807) is 6.07 Å². The van der Waals surface area contributed by atoms with Gasteiger partial charge in [-0.05, 0) is 17.7 Å². The number of carbonyl (C=O) groups is 1. The van der Waals surface area contributed by atoms with Gasteiger partial charge in [-0.2, -0.15) is 0 Å². The van der Waals surface area contributed by atoms with E-state index in [1.807, 2.05) is 30.3 Å². The minimum Gasteiger partial charge on any atom is -0.445 e. The molecule has 0 bridgehead atoms. The van der Waals surface area contributed by atoms with Gasteiger partial charge in [0, 0.05) is 11.6 Å². The maximum atomic E-state index is 11.5. The Morgan fingerprint density at radius 1 is 1.24 bits per heavy atom. The number of aliphatic hydroxyl groups excluding tert-OH is 1. The van der Waals surface area contributed by atoms with E-state index in [4.69, 9.17) is 9.84 Å². The Bertz CT molecular complexity index is 809. The number of rotatable bonds is 5. The molecule has 0 spiro atoms. The highest BCUT2D eigenvalue weighted by Gasteiger charge is 2.12. The maximum Gasteiger partial charge on any atom is 0.408 e. The maximum absolute atomic E-state index is 11.5. The lowest BCUT2D eigenvalue weighted by atomic mass is 10.1. The molecule has 0 radical (unpaired) electrons. The van der Waals surface area contributed by atoms with Gasteiger partial charge in [-0.1, -0.05) is 42.2 Å². The summed E-state index contributed by atoms with van der Waals surface area (Å²) in [4.78, 5) is 21.9. The van der Waals surface area contributed by atoms with Gasteiger partial charge in [-0.3, -0.25) is 10.1 Å². The Morgan fingerprint density at radius 3 is 2.68 bits per heavy atom. The van der Waals surface area contributed by atoms with Crippen LogP contribution in [-0.2, 0) is 18.0 Å². The summed E-state index contributed by atoms with van der Waals surface area (Å²) >= 11 is 0. The number of nitro benzene ring substituents is 1. The van der Waals surface area contributed by atoms with Crippen molar-refractivity contribution in [1.29, 1.82) is 0 Å². The van der Waals surface area contributed by atoms with E-state index in [2.05, 4.69) is 17.2 Å². The molecular formula is C18H16N2O5. The molecule has 2 rings (SSSR count). The molecule has 0 fully saturated rings. The fourth-order valence-corrected chi connectivity index (χ4v) is 1.98. The molecule has 7 heteroatoms. The summed E-state index contributed by atoms with van der Waals surface area (Å²) in [6.07, 6.45) is -0.597. The summed E-state index contributed by atoms with van der Waals surface area (Å²) < 4.78 is 5.03. The molecule has 2 aromatic rings. The van der Waals surface area contributed by atoms with Gasteiger partial charge in [0.05, 0.1) is 23.6 Å². The number of amides is 1. The summed E-state index contributed by atoms with van der Waals surface area (Å²) in [7, 11) is 0. The quantitative estimate of drug-likeness (QED) is 0.494. The second-order valence-electron chi connectivity index (χ2n) is 4.98. The molecule has 0 saturated carbocycles. The first-order chi connectivity index (χ1) is 12.1. The molecule has 0 heterocycles. The molecule has 0 saturated heterocycles. The van der Waals surface area contributed by atoms with Crippen molar-refractivity contribution in [2.75, 3.05) is 6.54 Å². The summed E-state index contributed by atoms with van der Waals surface area (Å²) in [5.74, 6) is 5.40. The van der Waals surface area contributed by atoms with Crippen molar-refractivity contribution in [3.63, 3.8) is 0 Å². The molecule has 0 aliphatic heterocycles. The topological polar surface area (TPSA) is 102 Å².